The molecule has 4 heteroatoms. The Labute approximate surface area is 117 Å². The SMILES string of the molecule is C[C@@H](O)c1ccc(N2CCC(CO)CC2)cc1Br. The molecule has 1 aliphatic rings. The fraction of sp³-hybridized carbons (Fsp3) is 0.571. The molecule has 0 saturated carbocycles. The van der Waals surface area contributed by atoms with E-state index in [9.17, 15) is 5.11 Å². The maximum atomic E-state index is 9.60. The Bertz CT molecular complexity index is 401. The number of piperidine rings is 1. The number of anilines is 1. The van der Waals surface area contributed by atoms with Crippen molar-refractivity contribution in [3.05, 3.63) is 28.2 Å². The standard InChI is InChI=1S/C14H20BrNO2/c1-10(18)13-3-2-12(8-14(13)15)16-6-4-11(9-17)5-7-16/h2-3,8,10-11,17-18H,4-7,9H2,1H3/t10-/m1/s1. The van der Waals surface area contributed by atoms with Crippen LogP contribution in [0.3, 0.4) is 0 Å². The Hall–Kier alpha value is -0.580. The summed E-state index contributed by atoms with van der Waals surface area (Å²) in [5.41, 5.74) is 2.10. The van der Waals surface area contributed by atoms with Gasteiger partial charge in [0.05, 0.1) is 6.10 Å². The second kappa shape index (κ2) is 6.04. The third-order valence-electron chi connectivity index (χ3n) is 3.67. The number of aliphatic hydroxyl groups is 2. The molecule has 0 unspecified atom stereocenters. The largest absolute Gasteiger partial charge is 0.396 e. The normalized spacial score (nSPS) is 19.0. The number of halogens is 1. The summed E-state index contributed by atoms with van der Waals surface area (Å²) in [6.07, 6.45) is 1.65. The van der Waals surface area contributed by atoms with Gasteiger partial charge in [-0.3, -0.25) is 0 Å². The van der Waals surface area contributed by atoms with Crippen LogP contribution in [-0.4, -0.2) is 29.9 Å². The van der Waals surface area contributed by atoms with Crippen LogP contribution < -0.4 is 4.90 Å². The Morgan fingerprint density at radius 3 is 2.56 bits per heavy atom. The van der Waals surface area contributed by atoms with Gasteiger partial charge in [0.2, 0.25) is 0 Å². The van der Waals surface area contributed by atoms with Crippen molar-refractivity contribution in [1.29, 1.82) is 0 Å². The van der Waals surface area contributed by atoms with E-state index in [4.69, 9.17) is 5.11 Å². The molecule has 2 N–H and O–H groups in total. The van der Waals surface area contributed by atoms with Crippen LogP contribution in [0.1, 0.15) is 31.4 Å². The molecule has 1 aromatic carbocycles. The lowest BCUT2D eigenvalue weighted by molar-refractivity contribution is 0.198. The van der Waals surface area contributed by atoms with Crippen LogP contribution in [-0.2, 0) is 0 Å². The summed E-state index contributed by atoms with van der Waals surface area (Å²) in [6.45, 7) is 4.06. The van der Waals surface area contributed by atoms with Gasteiger partial charge in [-0.15, -0.1) is 0 Å². The molecule has 0 aliphatic carbocycles. The summed E-state index contributed by atoms with van der Waals surface area (Å²) in [6, 6.07) is 6.11. The van der Waals surface area contributed by atoms with Crippen LogP contribution in [0.15, 0.2) is 22.7 Å². The van der Waals surface area contributed by atoms with Crippen LogP contribution in [0.5, 0.6) is 0 Å². The van der Waals surface area contributed by atoms with Crippen molar-refractivity contribution in [3.8, 4) is 0 Å². The number of benzene rings is 1. The maximum absolute atomic E-state index is 9.60. The average molecular weight is 314 g/mol. The predicted molar refractivity (Wildman–Crippen MR) is 76.8 cm³/mol. The van der Waals surface area contributed by atoms with Gasteiger partial charge in [0.15, 0.2) is 0 Å². The molecular weight excluding hydrogens is 294 g/mol. The minimum absolute atomic E-state index is 0.304. The van der Waals surface area contributed by atoms with Gasteiger partial charge in [-0.1, -0.05) is 22.0 Å². The fourth-order valence-electron chi connectivity index (χ4n) is 2.43. The van der Waals surface area contributed by atoms with E-state index < -0.39 is 6.10 Å². The Morgan fingerprint density at radius 1 is 1.39 bits per heavy atom. The van der Waals surface area contributed by atoms with Crippen LogP contribution in [0.4, 0.5) is 5.69 Å². The highest BCUT2D eigenvalue weighted by Crippen LogP contribution is 2.30. The van der Waals surface area contributed by atoms with E-state index in [0.717, 1.165) is 36.0 Å². The van der Waals surface area contributed by atoms with Crippen LogP contribution >= 0.6 is 15.9 Å². The zero-order valence-electron chi connectivity index (χ0n) is 10.6. The van der Waals surface area contributed by atoms with E-state index >= 15 is 0 Å². The summed E-state index contributed by atoms with van der Waals surface area (Å²) in [4.78, 5) is 2.34. The Balaban J connectivity index is 2.08. The van der Waals surface area contributed by atoms with Gasteiger partial charge in [-0.2, -0.15) is 0 Å². The van der Waals surface area contributed by atoms with Gasteiger partial charge in [0.1, 0.15) is 0 Å². The van der Waals surface area contributed by atoms with Gasteiger partial charge in [0, 0.05) is 29.9 Å². The molecule has 1 aromatic rings. The third kappa shape index (κ3) is 3.05. The molecule has 100 valence electrons. The van der Waals surface area contributed by atoms with E-state index in [1.54, 1.807) is 6.92 Å². The van der Waals surface area contributed by atoms with Gasteiger partial charge < -0.3 is 15.1 Å². The van der Waals surface area contributed by atoms with E-state index in [0.29, 0.717) is 12.5 Å². The third-order valence-corrected chi connectivity index (χ3v) is 4.36. The zero-order chi connectivity index (χ0) is 13.1. The molecular formula is C14H20BrNO2. The molecule has 1 aliphatic heterocycles. The maximum Gasteiger partial charge on any atom is 0.0772 e. The second-order valence-corrected chi connectivity index (χ2v) is 5.85. The van der Waals surface area contributed by atoms with Gasteiger partial charge >= 0.3 is 0 Å². The summed E-state index contributed by atoms with van der Waals surface area (Å²) in [5, 5.41) is 18.7. The van der Waals surface area contributed by atoms with Crippen molar-refractivity contribution in [1.82, 2.24) is 0 Å². The Morgan fingerprint density at radius 2 is 2.06 bits per heavy atom. The summed E-state index contributed by atoms with van der Waals surface area (Å²) in [7, 11) is 0. The molecule has 0 aromatic heterocycles. The minimum Gasteiger partial charge on any atom is -0.396 e. The van der Waals surface area contributed by atoms with Crippen molar-refractivity contribution in [2.24, 2.45) is 5.92 Å². The van der Waals surface area contributed by atoms with Crippen molar-refractivity contribution in [3.63, 3.8) is 0 Å². The van der Waals surface area contributed by atoms with Crippen LogP contribution in [0, 0.1) is 5.92 Å². The molecule has 0 amide bonds. The molecule has 0 radical (unpaired) electrons. The van der Waals surface area contributed by atoms with Crippen LogP contribution in [0.25, 0.3) is 0 Å². The van der Waals surface area contributed by atoms with E-state index in [2.05, 4.69) is 33.0 Å². The average Bonchev–Trinajstić information content (AvgIpc) is 2.38. The topological polar surface area (TPSA) is 43.7 Å². The monoisotopic (exact) mass is 313 g/mol. The van der Waals surface area contributed by atoms with E-state index in [1.165, 1.54) is 5.69 Å². The lowest BCUT2D eigenvalue weighted by Crippen LogP contribution is -2.34. The number of aliphatic hydroxyl groups excluding tert-OH is 2. The fourth-order valence-corrected chi connectivity index (χ4v) is 3.12. The smallest absolute Gasteiger partial charge is 0.0772 e. The zero-order valence-corrected chi connectivity index (χ0v) is 12.2. The summed E-state index contributed by atoms with van der Waals surface area (Å²) >= 11 is 3.51. The van der Waals surface area contributed by atoms with Gasteiger partial charge in [-0.25, -0.2) is 0 Å². The number of hydrogen-bond donors (Lipinski definition) is 2. The molecule has 0 bridgehead atoms. The highest BCUT2D eigenvalue weighted by Gasteiger charge is 2.19. The number of rotatable bonds is 3. The molecule has 2 rings (SSSR count). The van der Waals surface area contributed by atoms with E-state index in [1.807, 2.05) is 6.07 Å². The summed E-state index contributed by atoms with van der Waals surface area (Å²) in [5.74, 6) is 0.460. The van der Waals surface area contributed by atoms with Crippen molar-refractivity contribution < 1.29 is 10.2 Å². The number of hydrogen-bond acceptors (Lipinski definition) is 3. The number of nitrogens with zero attached hydrogens (tertiary/aromatic N) is 1. The first-order chi connectivity index (χ1) is 8.61. The molecule has 3 nitrogen and oxygen atoms in total. The highest BCUT2D eigenvalue weighted by molar-refractivity contribution is 9.10. The highest BCUT2D eigenvalue weighted by atomic mass is 79.9. The molecule has 1 heterocycles. The van der Waals surface area contributed by atoms with E-state index in [-0.39, 0.29) is 0 Å². The van der Waals surface area contributed by atoms with Crippen LogP contribution in [0.2, 0.25) is 0 Å². The molecule has 0 spiro atoms. The van der Waals surface area contributed by atoms with Crippen molar-refractivity contribution in [2.45, 2.75) is 25.9 Å². The summed E-state index contributed by atoms with van der Waals surface area (Å²) < 4.78 is 0.958. The first-order valence-electron chi connectivity index (χ1n) is 6.45. The quantitative estimate of drug-likeness (QED) is 0.901. The molecule has 1 fully saturated rings. The van der Waals surface area contributed by atoms with Gasteiger partial charge in [-0.05, 0) is 43.4 Å². The lowest BCUT2D eigenvalue weighted by atomic mass is 9.97. The molecule has 18 heavy (non-hydrogen) atoms. The van der Waals surface area contributed by atoms with Crippen molar-refractivity contribution >= 4 is 21.6 Å². The lowest BCUT2D eigenvalue weighted by Gasteiger charge is -2.33. The van der Waals surface area contributed by atoms with Crippen molar-refractivity contribution in [2.75, 3.05) is 24.6 Å². The second-order valence-electron chi connectivity index (χ2n) is 4.99. The first kappa shape index (κ1) is 13.8. The molecule has 1 atom stereocenters. The van der Waals surface area contributed by atoms with Gasteiger partial charge in [0.25, 0.3) is 0 Å². The molecule has 1 saturated heterocycles. The Kier molecular flexibility index (Phi) is 4.65. The minimum atomic E-state index is -0.450. The first-order valence-corrected chi connectivity index (χ1v) is 7.24. The predicted octanol–water partition coefficient (Wildman–Crippen LogP) is 2.71.